The van der Waals surface area contributed by atoms with Crippen LogP contribution in [0.25, 0.3) is 11.1 Å². The first-order valence-corrected chi connectivity index (χ1v) is 13.6. The van der Waals surface area contributed by atoms with E-state index in [1.54, 1.807) is 0 Å². The highest BCUT2D eigenvalue weighted by Crippen LogP contribution is 2.31. The fourth-order valence-corrected chi connectivity index (χ4v) is 5.16. The predicted molar refractivity (Wildman–Crippen MR) is 155 cm³/mol. The van der Waals surface area contributed by atoms with E-state index in [-0.39, 0.29) is 17.7 Å². The topological polar surface area (TPSA) is 81.8 Å². The molecule has 1 aromatic heterocycles. The molecule has 3 aromatic carbocycles. The van der Waals surface area contributed by atoms with Gasteiger partial charge in [-0.3, -0.25) is 4.79 Å². The summed E-state index contributed by atoms with van der Waals surface area (Å²) in [5.41, 5.74) is 5.99. The van der Waals surface area contributed by atoms with E-state index in [1.807, 2.05) is 43.3 Å². The van der Waals surface area contributed by atoms with Gasteiger partial charge in [-0.2, -0.15) is 0 Å². The summed E-state index contributed by atoms with van der Waals surface area (Å²) in [5, 5.41) is 13.5. The Morgan fingerprint density at radius 2 is 1.67 bits per heavy atom. The molecule has 7 nitrogen and oxygen atoms in total. The summed E-state index contributed by atoms with van der Waals surface area (Å²) in [6.07, 6.45) is 7.06. The molecular formula is C32H36N4O3. The Balaban J connectivity index is 1.37. The lowest BCUT2D eigenvalue weighted by Gasteiger charge is -2.30. The van der Waals surface area contributed by atoms with Crippen molar-refractivity contribution in [2.24, 2.45) is 5.92 Å². The minimum Gasteiger partial charge on any atom is -0.445 e. The zero-order valence-corrected chi connectivity index (χ0v) is 22.6. The largest absolute Gasteiger partial charge is 0.445 e. The van der Waals surface area contributed by atoms with Gasteiger partial charge in [-0.05, 0) is 59.9 Å². The average Bonchev–Trinajstić information content (AvgIpc) is 3.52. The Bertz CT molecular complexity index is 1350. The number of aromatic nitrogens is 1. The van der Waals surface area contributed by atoms with E-state index >= 15 is 0 Å². The number of aliphatic hydroxyl groups excluding tert-OH is 1. The van der Waals surface area contributed by atoms with Crippen LogP contribution in [0.4, 0.5) is 17.1 Å². The summed E-state index contributed by atoms with van der Waals surface area (Å²) in [4.78, 5) is 21.8. The van der Waals surface area contributed by atoms with Gasteiger partial charge in [-0.15, -0.1) is 0 Å². The van der Waals surface area contributed by atoms with Gasteiger partial charge in [-0.25, -0.2) is 4.98 Å². The number of carbonyl (C=O) groups is 1. The summed E-state index contributed by atoms with van der Waals surface area (Å²) in [6, 6.07) is 24.5. The minimum atomic E-state index is -1.09. The van der Waals surface area contributed by atoms with Gasteiger partial charge in [0.25, 0.3) is 0 Å². The van der Waals surface area contributed by atoms with Crippen molar-refractivity contribution in [1.82, 2.24) is 4.98 Å². The van der Waals surface area contributed by atoms with Crippen LogP contribution in [0.1, 0.15) is 49.8 Å². The predicted octanol–water partition coefficient (Wildman–Crippen LogP) is 6.62. The van der Waals surface area contributed by atoms with Crippen molar-refractivity contribution in [3.05, 3.63) is 96.7 Å². The maximum Gasteiger partial charge on any atom is 0.244 e. The van der Waals surface area contributed by atoms with Crippen molar-refractivity contribution < 1.29 is 14.3 Å². The summed E-state index contributed by atoms with van der Waals surface area (Å²) >= 11 is 0. The molecule has 5 rings (SSSR count). The van der Waals surface area contributed by atoms with E-state index in [1.165, 1.54) is 18.9 Å². The van der Waals surface area contributed by atoms with Crippen LogP contribution in [0.3, 0.4) is 0 Å². The van der Waals surface area contributed by atoms with E-state index in [4.69, 9.17) is 4.42 Å². The van der Waals surface area contributed by atoms with E-state index in [0.29, 0.717) is 12.2 Å². The van der Waals surface area contributed by atoms with Crippen molar-refractivity contribution in [3.8, 4) is 11.1 Å². The molecule has 0 aliphatic heterocycles. The summed E-state index contributed by atoms with van der Waals surface area (Å²) in [7, 11) is 4.07. The molecule has 7 heteroatoms. The molecule has 0 saturated heterocycles. The van der Waals surface area contributed by atoms with Crippen LogP contribution in [0.15, 0.2) is 89.7 Å². The maximum atomic E-state index is 13.8. The Labute approximate surface area is 230 Å². The standard InChI is InChI=1S/C32H36N4O3/c1-35(2)28-17-15-25(16-18-28)24-13-11-23(12-14-24)22-36(32(38)26-7-4-3-5-8-26)29-10-6-9-27(21-29)34-30(37)31-33-19-20-39-31/h6,9-21,26,30,34,37H,3-5,7-8,22H2,1-2H3. The zero-order chi connectivity index (χ0) is 27.2. The molecular weight excluding hydrogens is 488 g/mol. The first kappa shape index (κ1) is 26.5. The first-order chi connectivity index (χ1) is 19.0. The zero-order valence-electron chi connectivity index (χ0n) is 22.6. The number of hydrogen-bond donors (Lipinski definition) is 2. The van der Waals surface area contributed by atoms with E-state index in [0.717, 1.165) is 53.7 Å². The van der Waals surface area contributed by atoms with E-state index in [9.17, 15) is 9.90 Å². The average molecular weight is 525 g/mol. The fraction of sp³-hybridized carbons (Fsp3) is 0.312. The molecule has 1 saturated carbocycles. The van der Waals surface area contributed by atoms with Crippen LogP contribution >= 0.6 is 0 Å². The van der Waals surface area contributed by atoms with Gasteiger partial charge >= 0.3 is 0 Å². The van der Waals surface area contributed by atoms with Gasteiger partial charge in [0.15, 0.2) is 0 Å². The fourth-order valence-electron chi connectivity index (χ4n) is 5.16. The number of hydrogen-bond acceptors (Lipinski definition) is 6. The highest BCUT2D eigenvalue weighted by atomic mass is 16.4. The van der Waals surface area contributed by atoms with Gasteiger partial charge < -0.3 is 24.6 Å². The number of oxazole rings is 1. The number of anilines is 3. The van der Waals surface area contributed by atoms with Crippen LogP contribution in [0.2, 0.25) is 0 Å². The molecule has 2 N–H and O–H groups in total. The summed E-state index contributed by atoms with van der Waals surface area (Å²) in [5.74, 6) is 0.373. The molecule has 0 radical (unpaired) electrons. The molecule has 0 bridgehead atoms. The number of nitrogens with one attached hydrogen (secondary N) is 1. The molecule has 1 aliphatic carbocycles. The number of rotatable bonds is 9. The lowest BCUT2D eigenvalue weighted by Crippen LogP contribution is -2.36. The molecule has 1 amide bonds. The molecule has 0 spiro atoms. The normalized spacial score (nSPS) is 14.5. The van der Waals surface area contributed by atoms with Crippen LogP contribution < -0.4 is 15.1 Å². The highest BCUT2D eigenvalue weighted by Gasteiger charge is 2.27. The number of carbonyl (C=O) groups excluding carboxylic acids is 1. The van der Waals surface area contributed by atoms with Crippen molar-refractivity contribution in [1.29, 1.82) is 0 Å². The third-order valence-corrected chi connectivity index (χ3v) is 7.38. The monoisotopic (exact) mass is 524 g/mol. The molecule has 4 aromatic rings. The van der Waals surface area contributed by atoms with Gasteiger partial charge in [0.1, 0.15) is 6.26 Å². The Morgan fingerprint density at radius 3 is 2.31 bits per heavy atom. The Morgan fingerprint density at radius 1 is 0.974 bits per heavy atom. The number of amides is 1. The smallest absolute Gasteiger partial charge is 0.244 e. The molecule has 1 fully saturated rings. The van der Waals surface area contributed by atoms with Crippen molar-refractivity contribution in [3.63, 3.8) is 0 Å². The van der Waals surface area contributed by atoms with Crippen LogP contribution in [0, 0.1) is 5.92 Å². The minimum absolute atomic E-state index is 0.0303. The van der Waals surface area contributed by atoms with Crippen molar-refractivity contribution >= 4 is 23.0 Å². The number of aliphatic hydroxyl groups is 1. The maximum absolute atomic E-state index is 13.8. The molecule has 1 aliphatic rings. The quantitative estimate of drug-likeness (QED) is 0.239. The van der Waals surface area contributed by atoms with Crippen LogP contribution in [-0.2, 0) is 11.3 Å². The van der Waals surface area contributed by atoms with Gasteiger partial charge in [0, 0.05) is 37.1 Å². The third-order valence-electron chi connectivity index (χ3n) is 7.38. The number of benzene rings is 3. The number of nitrogens with zero attached hydrogens (tertiary/aromatic N) is 3. The van der Waals surface area contributed by atoms with Crippen LogP contribution in [-0.4, -0.2) is 30.1 Å². The lowest BCUT2D eigenvalue weighted by atomic mass is 9.88. The second-order valence-electron chi connectivity index (χ2n) is 10.4. The first-order valence-electron chi connectivity index (χ1n) is 13.6. The molecule has 202 valence electrons. The van der Waals surface area contributed by atoms with Gasteiger partial charge in [0.2, 0.25) is 18.0 Å². The Hall–Kier alpha value is -4.10. The van der Waals surface area contributed by atoms with Gasteiger partial charge in [-0.1, -0.05) is 61.7 Å². The molecule has 1 atom stereocenters. The molecule has 1 unspecified atom stereocenters. The SMILES string of the molecule is CN(C)c1ccc(-c2ccc(CN(C(=O)C3CCCCC3)c3cccc(NC(O)c4ncco4)c3)cc2)cc1. The molecule has 1 heterocycles. The highest BCUT2D eigenvalue weighted by molar-refractivity contribution is 5.95. The Kier molecular flexibility index (Phi) is 8.27. The summed E-state index contributed by atoms with van der Waals surface area (Å²) < 4.78 is 5.21. The third kappa shape index (κ3) is 6.49. The van der Waals surface area contributed by atoms with Crippen molar-refractivity contribution in [2.45, 2.75) is 44.9 Å². The molecule has 39 heavy (non-hydrogen) atoms. The van der Waals surface area contributed by atoms with E-state index in [2.05, 4.69) is 63.7 Å². The summed E-state index contributed by atoms with van der Waals surface area (Å²) in [6.45, 7) is 0.473. The lowest BCUT2D eigenvalue weighted by molar-refractivity contribution is -0.123. The van der Waals surface area contributed by atoms with E-state index < -0.39 is 6.23 Å². The van der Waals surface area contributed by atoms with Gasteiger partial charge in [0.05, 0.1) is 12.7 Å². The second kappa shape index (κ2) is 12.2. The van der Waals surface area contributed by atoms with Crippen LogP contribution in [0.5, 0.6) is 0 Å². The van der Waals surface area contributed by atoms with Crippen molar-refractivity contribution in [2.75, 3.05) is 29.2 Å². The second-order valence-corrected chi connectivity index (χ2v) is 10.4.